The first kappa shape index (κ1) is 44.7. The van der Waals surface area contributed by atoms with E-state index in [0.717, 1.165) is 83.5 Å². The van der Waals surface area contributed by atoms with Gasteiger partial charge in [0.1, 0.15) is 0 Å². The van der Waals surface area contributed by atoms with Gasteiger partial charge in [-0.15, -0.1) is 0 Å². The summed E-state index contributed by atoms with van der Waals surface area (Å²) in [7, 11) is 0. The lowest BCUT2D eigenvalue weighted by Gasteiger charge is -2.34. The molecule has 10 aromatic carbocycles. The van der Waals surface area contributed by atoms with Crippen LogP contribution < -0.4 is 0 Å². The minimum Gasteiger partial charge on any atom is -0.386 e. The summed E-state index contributed by atoms with van der Waals surface area (Å²) in [6.07, 6.45) is 0. The summed E-state index contributed by atoms with van der Waals surface area (Å²) in [6, 6.07) is 79.9. The molecule has 0 aliphatic heterocycles. The van der Waals surface area contributed by atoms with E-state index >= 15 is 0 Å². The van der Waals surface area contributed by atoms with Gasteiger partial charge < -0.3 is 20.4 Å². The predicted octanol–water partition coefficient (Wildman–Crippen LogP) is 14.2. The molecule has 0 fully saturated rings. The van der Waals surface area contributed by atoms with Crippen molar-refractivity contribution in [2.75, 3.05) is 0 Å². The van der Waals surface area contributed by atoms with E-state index in [4.69, 9.17) is 0 Å². The van der Waals surface area contributed by atoms with Crippen LogP contribution >= 0.6 is 0 Å². The van der Waals surface area contributed by atoms with Crippen LogP contribution in [0.25, 0.3) is 44.5 Å². The molecule has 4 heteroatoms. The van der Waals surface area contributed by atoms with E-state index in [0.29, 0.717) is 11.1 Å². The second-order valence-corrected chi connectivity index (χ2v) is 22.0. The Morgan fingerprint density at radius 2 is 0.608 bits per heavy atom. The van der Waals surface area contributed by atoms with E-state index in [1.54, 1.807) is 6.07 Å². The fraction of sp³-hybridized carbons (Fsp3) is 0.143. The lowest BCUT2D eigenvalue weighted by Crippen LogP contribution is -2.29. The number of rotatable bonds is 7. The molecular formula is C70H54O4. The first-order valence-corrected chi connectivity index (χ1v) is 25.8. The zero-order valence-electron chi connectivity index (χ0n) is 41.7. The topological polar surface area (TPSA) is 80.9 Å². The fourth-order valence-electron chi connectivity index (χ4n) is 13.8. The van der Waals surface area contributed by atoms with E-state index in [-0.39, 0.29) is 0 Å². The van der Waals surface area contributed by atoms with Crippen LogP contribution in [-0.2, 0) is 27.8 Å². The Morgan fingerprint density at radius 3 is 1.05 bits per heavy atom. The van der Waals surface area contributed by atoms with Crippen molar-refractivity contribution in [3.05, 3.63) is 308 Å². The van der Waals surface area contributed by atoms with Gasteiger partial charge in [0.15, 0.2) is 0 Å². The molecule has 0 radical (unpaired) electrons. The molecule has 1 unspecified atom stereocenters. The molecule has 0 aromatic heterocycles. The molecule has 1 atom stereocenters. The van der Waals surface area contributed by atoms with Gasteiger partial charge in [-0.05, 0) is 151 Å². The van der Waals surface area contributed by atoms with Gasteiger partial charge in [0, 0.05) is 17.0 Å². The van der Waals surface area contributed by atoms with Crippen LogP contribution in [0.4, 0.5) is 0 Å². The second kappa shape index (κ2) is 15.5. The Hall–Kier alpha value is -7.96. The second-order valence-electron chi connectivity index (χ2n) is 22.0. The first-order valence-electron chi connectivity index (χ1n) is 25.8. The van der Waals surface area contributed by atoms with Crippen LogP contribution in [0.15, 0.2) is 224 Å². The third-order valence-corrected chi connectivity index (χ3v) is 17.1. The Labute approximate surface area is 432 Å². The van der Waals surface area contributed by atoms with Crippen LogP contribution in [0.5, 0.6) is 0 Å². The van der Waals surface area contributed by atoms with Crippen molar-refractivity contribution in [1.29, 1.82) is 0 Å². The number of hydrogen-bond donors (Lipinski definition) is 4. The van der Waals surface area contributed by atoms with Crippen LogP contribution in [-0.4, -0.2) is 20.4 Å². The van der Waals surface area contributed by atoms with Gasteiger partial charge in [-0.1, -0.05) is 218 Å². The van der Waals surface area contributed by atoms with Crippen molar-refractivity contribution in [2.24, 2.45) is 0 Å². The standard InChI is InChI=1S/C70H54O4/c1-66(2,71)47-30-35-54-55-36-31-48(67(3,4)72)41-63(55)69(62(54)40-47)58-25-15-12-22-50(58)53-33-28-43(38-61(53)69)65(44-29-34-56-51-23-13-16-26-59(51)70(73,74)64(56)39-44)42-27-32-52-49-21-11-14-24-57(49)68(60(52)37-42,45-17-7-5-8-18-45)46-19-9-6-10-20-46/h5-41,65,71-74H,1-4H3. The molecule has 4 nitrogen and oxygen atoms in total. The maximum absolute atomic E-state index is 12.1. The Bertz CT molecular complexity index is 3860. The summed E-state index contributed by atoms with van der Waals surface area (Å²) in [6.45, 7) is 7.38. The lowest BCUT2D eigenvalue weighted by molar-refractivity contribution is -0.128. The number of hydrogen-bond acceptors (Lipinski definition) is 4. The van der Waals surface area contributed by atoms with Crippen LogP contribution in [0.1, 0.15) is 117 Å². The summed E-state index contributed by atoms with van der Waals surface area (Å²) in [4.78, 5) is 0. The van der Waals surface area contributed by atoms with E-state index in [1.165, 1.54) is 33.4 Å². The molecule has 358 valence electrons. The van der Waals surface area contributed by atoms with Gasteiger partial charge in [-0.25, -0.2) is 0 Å². The van der Waals surface area contributed by atoms with Crippen molar-refractivity contribution >= 4 is 0 Å². The normalized spacial score (nSPS) is 15.8. The third-order valence-electron chi connectivity index (χ3n) is 17.1. The summed E-state index contributed by atoms with van der Waals surface area (Å²) in [5, 5.41) is 47.6. The van der Waals surface area contributed by atoms with E-state index < -0.39 is 33.7 Å². The van der Waals surface area contributed by atoms with Crippen molar-refractivity contribution in [3.8, 4) is 44.5 Å². The van der Waals surface area contributed by atoms with Crippen LogP contribution in [0.2, 0.25) is 0 Å². The summed E-state index contributed by atoms with van der Waals surface area (Å²) in [5.74, 6) is -2.59. The molecule has 4 aliphatic carbocycles. The van der Waals surface area contributed by atoms with E-state index in [1.807, 2.05) is 64.1 Å². The largest absolute Gasteiger partial charge is 0.386 e. The van der Waals surface area contributed by atoms with E-state index in [2.05, 4.69) is 182 Å². The Kier molecular flexibility index (Phi) is 9.39. The fourth-order valence-corrected chi connectivity index (χ4v) is 13.8. The third kappa shape index (κ3) is 5.99. The minimum absolute atomic E-state index is 0.394. The molecule has 10 aromatic rings. The summed E-state index contributed by atoms with van der Waals surface area (Å²) in [5.41, 5.74) is 19.6. The average Bonchev–Trinajstić information content (AvgIpc) is 4.10. The molecule has 74 heavy (non-hydrogen) atoms. The van der Waals surface area contributed by atoms with Gasteiger partial charge in [0.25, 0.3) is 0 Å². The van der Waals surface area contributed by atoms with Gasteiger partial charge in [0.2, 0.25) is 5.79 Å². The summed E-state index contributed by atoms with van der Waals surface area (Å²) >= 11 is 0. The Morgan fingerprint density at radius 1 is 0.297 bits per heavy atom. The van der Waals surface area contributed by atoms with Gasteiger partial charge >= 0.3 is 0 Å². The highest BCUT2D eigenvalue weighted by Gasteiger charge is 2.53. The van der Waals surface area contributed by atoms with Crippen molar-refractivity contribution < 1.29 is 20.4 Å². The molecule has 4 aliphatic rings. The lowest BCUT2D eigenvalue weighted by atomic mass is 9.67. The highest BCUT2D eigenvalue weighted by molar-refractivity contribution is 5.96. The van der Waals surface area contributed by atoms with Crippen molar-refractivity contribution in [1.82, 2.24) is 0 Å². The monoisotopic (exact) mass is 958 g/mol. The first-order chi connectivity index (χ1) is 35.7. The predicted molar refractivity (Wildman–Crippen MR) is 295 cm³/mol. The molecule has 0 amide bonds. The highest BCUT2D eigenvalue weighted by atomic mass is 16.5. The molecule has 0 bridgehead atoms. The molecule has 4 N–H and O–H groups in total. The Balaban J connectivity index is 1.07. The maximum Gasteiger partial charge on any atom is 0.218 e. The molecule has 0 saturated carbocycles. The van der Waals surface area contributed by atoms with Crippen molar-refractivity contribution in [3.63, 3.8) is 0 Å². The molecule has 0 heterocycles. The van der Waals surface area contributed by atoms with Gasteiger partial charge in [0.05, 0.1) is 22.0 Å². The SMILES string of the molecule is CC(C)(O)c1ccc2c(c1)C1(c3ccccc3-c3ccc(C(c4ccc5c(c4)C(O)(O)c4ccccc4-5)c4ccc5c(c4)C(c4ccccc4)(c4ccccc4)c4ccccc4-5)cc31)c1cc(C(C)(C)O)ccc1-2. The molecular weight excluding hydrogens is 905 g/mol. The zero-order valence-corrected chi connectivity index (χ0v) is 41.7. The number of fused-ring (bicyclic) bond motifs is 16. The quantitative estimate of drug-likeness (QED) is 0.0948. The number of benzene rings is 10. The molecule has 0 saturated heterocycles. The van der Waals surface area contributed by atoms with Crippen molar-refractivity contribution in [2.45, 2.75) is 61.4 Å². The zero-order chi connectivity index (χ0) is 50.5. The number of aliphatic hydroxyl groups is 4. The van der Waals surface area contributed by atoms with E-state index in [9.17, 15) is 20.4 Å². The molecule has 1 spiro atoms. The molecule has 14 rings (SSSR count). The maximum atomic E-state index is 12.1. The average molecular weight is 959 g/mol. The van der Waals surface area contributed by atoms with Gasteiger partial charge in [-0.2, -0.15) is 0 Å². The van der Waals surface area contributed by atoms with Gasteiger partial charge in [-0.3, -0.25) is 0 Å². The van der Waals surface area contributed by atoms with Crippen LogP contribution in [0, 0.1) is 0 Å². The summed E-state index contributed by atoms with van der Waals surface area (Å²) < 4.78 is 0. The smallest absolute Gasteiger partial charge is 0.218 e. The highest BCUT2D eigenvalue weighted by Crippen LogP contribution is 2.64. The minimum atomic E-state index is -2.20. The van der Waals surface area contributed by atoms with Crippen LogP contribution in [0.3, 0.4) is 0 Å².